The van der Waals surface area contributed by atoms with Crippen LogP contribution in [0.15, 0.2) is 30.3 Å². The molecule has 0 amide bonds. The van der Waals surface area contributed by atoms with Crippen LogP contribution in [0.5, 0.6) is 0 Å². The highest BCUT2D eigenvalue weighted by Gasteiger charge is 2.35. The number of hydrogen-bond donors (Lipinski definition) is 0. The fourth-order valence-electron chi connectivity index (χ4n) is 3.14. The molecule has 18 heavy (non-hydrogen) atoms. The van der Waals surface area contributed by atoms with Crippen molar-refractivity contribution in [3.05, 3.63) is 30.3 Å². The van der Waals surface area contributed by atoms with Crippen LogP contribution < -0.4 is 4.90 Å². The minimum atomic E-state index is 0.231. The molecule has 0 saturated carbocycles. The summed E-state index contributed by atoms with van der Waals surface area (Å²) in [6, 6.07) is 10.8. The van der Waals surface area contributed by atoms with Gasteiger partial charge in [0.25, 0.3) is 0 Å². The molecule has 0 spiro atoms. The second-order valence-corrected chi connectivity index (χ2v) is 5.69. The first kappa shape index (κ1) is 13.4. The van der Waals surface area contributed by atoms with Gasteiger partial charge in [0, 0.05) is 24.9 Å². The van der Waals surface area contributed by atoms with Gasteiger partial charge in [-0.3, -0.25) is 0 Å². The van der Waals surface area contributed by atoms with Crippen molar-refractivity contribution in [1.29, 1.82) is 0 Å². The molecule has 100 valence electrons. The zero-order valence-corrected chi connectivity index (χ0v) is 11.9. The van der Waals surface area contributed by atoms with Crippen molar-refractivity contribution in [3.63, 3.8) is 0 Å². The molecule has 2 unspecified atom stereocenters. The van der Waals surface area contributed by atoms with Crippen LogP contribution in [0, 0.1) is 0 Å². The number of ether oxygens (including phenoxy) is 1. The lowest BCUT2D eigenvalue weighted by molar-refractivity contribution is 0.0836. The van der Waals surface area contributed by atoms with Gasteiger partial charge in [0.1, 0.15) is 0 Å². The molecule has 0 bridgehead atoms. The molecule has 2 atom stereocenters. The third-order valence-corrected chi connectivity index (χ3v) is 4.20. The van der Waals surface area contributed by atoms with Crippen LogP contribution in [0.25, 0.3) is 0 Å². The van der Waals surface area contributed by atoms with Crippen molar-refractivity contribution in [2.75, 3.05) is 18.6 Å². The largest absolute Gasteiger partial charge is 0.382 e. The molecule has 0 radical (unpaired) electrons. The summed E-state index contributed by atoms with van der Waals surface area (Å²) < 4.78 is 5.48. The number of piperidine rings is 1. The molecule has 0 N–H and O–H groups in total. The molecule has 0 aliphatic carbocycles. The van der Waals surface area contributed by atoms with Crippen molar-refractivity contribution in [2.24, 2.45) is 0 Å². The number of para-hydroxylation sites is 1. The summed E-state index contributed by atoms with van der Waals surface area (Å²) in [5, 5.41) is 0. The van der Waals surface area contributed by atoms with Gasteiger partial charge in [0.2, 0.25) is 0 Å². The Labute approximate surface area is 111 Å². The fourth-order valence-corrected chi connectivity index (χ4v) is 3.14. The molecule has 1 aromatic rings. The van der Waals surface area contributed by atoms with Gasteiger partial charge in [-0.1, -0.05) is 18.2 Å². The van der Waals surface area contributed by atoms with Gasteiger partial charge in [-0.05, 0) is 51.7 Å². The van der Waals surface area contributed by atoms with Crippen LogP contribution >= 0.6 is 0 Å². The topological polar surface area (TPSA) is 12.5 Å². The predicted molar refractivity (Wildman–Crippen MR) is 77.1 cm³/mol. The van der Waals surface area contributed by atoms with Crippen LogP contribution in [0.1, 0.15) is 39.5 Å². The molecule has 1 aromatic carbocycles. The maximum absolute atomic E-state index is 5.48. The Morgan fingerprint density at radius 2 is 2.00 bits per heavy atom. The zero-order chi connectivity index (χ0) is 13.0. The van der Waals surface area contributed by atoms with Gasteiger partial charge in [-0.15, -0.1) is 0 Å². The van der Waals surface area contributed by atoms with E-state index in [4.69, 9.17) is 4.74 Å². The van der Waals surface area contributed by atoms with E-state index in [1.54, 1.807) is 0 Å². The monoisotopic (exact) mass is 247 g/mol. The van der Waals surface area contributed by atoms with E-state index in [1.165, 1.54) is 24.9 Å². The normalized spacial score (nSPS) is 26.1. The number of anilines is 1. The summed E-state index contributed by atoms with van der Waals surface area (Å²) in [7, 11) is 1.81. The number of benzene rings is 1. The van der Waals surface area contributed by atoms with Crippen LogP contribution in [0.3, 0.4) is 0 Å². The first-order valence-corrected chi connectivity index (χ1v) is 7.01. The lowest BCUT2D eigenvalue weighted by atomic mass is 9.83. The lowest BCUT2D eigenvalue weighted by Gasteiger charge is -2.47. The molecular weight excluding hydrogens is 222 g/mol. The smallest absolute Gasteiger partial charge is 0.0565 e. The van der Waals surface area contributed by atoms with Crippen molar-refractivity contribution in [1.82, 2.24) is 0 Å². The molecule has 2 nitrogen and oxygen atoms in total. The summed E-state index contributed by atoms with van der Waals surface area (Å²) in [5.74, 6) is 0. The third kappa shape index (κ3) is 2.86. The van der Waals surface area contributed by atoms with E-state index in [2.05, 4.69) is 49.1 Å². The Bertz CT molecular complexity index is 365. The van der Waals surface area contributed by atoms with Crippen molar-refractivity contribution in [3.8, 4) is 0 Å². The Morgan fingerprint density at radius 3 is 2.67 bits per heavy atom. The van der Waals surface area contributed by atoms with Crippen LogP contribution in [-0.4, -0.2) is 25.3 Å². The SMILES string of the molecule is COC(C)CC1(C)CCCCN1c1ccccc1. The molecule has 0 aromatic heterocycles. The van der Waals surface area contributed by atoms with E-state index in [1.807, 2.05) is 7.11 Å². The Morgan fingerprint density at radius 1 is 1.28 bits per heavy atom. The van der Waals surface area contributed by atoms with E-state index in [0.717, 1.165) is 13.0 Å². The van der Waals surface area contributed by atoms with E-state index >= 15 is 0 Å². The quantitative estimate of drug-likeness (QED) is 0.801. The summed E-state index contributed by atoms with van der Waals surface area (Å²) in [4.78, 5) is 2.58. The number of methoxy groups -OCH3 is 1. The molecule has 1 heterocycles. The van der Waals surface area contributed by atoms with Crippen LogP contribution in [0.2, 0.25) is 0 Å². The second-order valence-electron chi connectivity index (χ2n) is 5.69. The average Bonchev–Trinajstić information content (AvgIpc) is 2.39. The predicted octanol–water partition coefficient (Wildman–Crippen LogP) is 3.86. The van der Waals surface area contributed by atoms with Crippen molar-refractivity contribution in [2.45, 2.75) is 51.2 Å². The fraction of sp³-hybridized carbons (Fsp3) is 0.625. The van der Waals surface area contributed by atoms with Crippen LogP contribution in [-0.2, 0) is 4.74 Å². The van der Waals surface area contributed by atoms with Gasteiger partial charge in [-0.25, -0.2) is 0 Å². The third-order valence-electron chi connectivity index (χ3n) is 4.20. The van der Waals surface area contributed by atoms with Crippen molar-refractivity contribution < 1.29 is 4.74 Å². The molecule has 1 saturated heterocycles. The highest BCUT2D eigenvalue weighted by molar-refractivity contribution is 5.49. The highest BCUT2D eigenvalue weighted by atomic mass is 16.5. The van der Waals surface area contributed by atoms with E-state index in [-0.39, 0.29) is 5.54 Å². The number of hydrogen-bond acceptors (Lipinski definition) is 2. The minimum Gasteiger partial charge on any atom is -0.382 e. The first-order chi connectivity index (χ1) is 8.65. The summed E-state index contributed by atoms with van der Waals surface area (Å²) >= 11 is 0. The summed E-state index contributed by atoms with van der Waals surface area (Å²) in [5.41, 5.74) is 1.58. The van der Waals surface area contributed by atoms with E-state index < -0.39 is 0 Å². The maximum atomic E-state index is 5.48. The summed E-state index contributed by atoms with van der Waals surface area (Å²) in [6.45, 7) is 5.72. The van der Waals surface area contributed by atoms with Crippen LogP contribution in [0.4, 0.5) is 5.69 Å². The van der Waals surface area contributed by atoms with Gasteiger partial charge in [-0.2, -0.15) is 0 Å². The molecule has 2 heteroatoms. The summed E-state index contributed by atoms with van der Waals surface area (Å²) in [6.07, 6.45) is 5.30. The van der Waals surface area contributed by atoms with Gasteiger partial charge >= 0.3 is 0 Å². The van der Waals surface area contributed by atoms with Gasteiger partial charge in [0.05, 0.1) is 6.10 Å². The number of nitrogens with zero attached hydrogens (tertiary/aromatic N) is 1. The Kier molecular flexibility index (Phi) is 4.28. The minimum absolute atomic E-state index is 0.231. The molecule has 1 aliphatic heterocycles. The average molecular weight is 247 g/mol. The van der Waals surface area contributed by atoms with Gasteiger partial charge < -0.3 is 9.64 Å². The molecular formula is C16H25NO. The van der Waals surface area contributed by atoms with Gasteiger partial charge in [0.15, 0.2) is 0 Å². The maximum Gasteiger partial charge on any atom is 0.0565 e. The van der Waals surface area contributed by atoms with Crippen molar-refractivity contribution >= 4 is 5.69 Å². The zero-order valence-electron chi connectivity index (χ0n) is 11.9. The highest BCUT2D eigenvalue weighted by Crippen LogP contribution is 2.36. The van der Waals surface area contributed by atoms with E-state index in [9.17, 15) is 0 Å². The Hall–Kier alpha value is -1.02. The standard InChI is InChI=1S/C16H25NO/c1-14(18-3)13-16(2)11-7-8-12-17(16)15-9-5-4-6-10-15/h4-6,9-10,14H,7-8,11-13H2,1-3H3. The second kappa shape index (κ2) is 5.75. The molecule has 2 rings (SSSR count). The van der Waals surface area contributed by atoms with E-state index in [0.29, 0.717) is 6.10 Å². The lowest BCUT2D eigenvalue weighted by Crippen LogP contribution is -2.51. The first-order valence-electron chi connectivity index (χ1n) is 7.01. The molecule has 1 fully saturated rings. The molecule has 1 aliphatic rings. The number of rotatable bonds is 4. The Balaban J connectivity index is 2.20.